The number of hydrogen-bond acceptors (Lipinski definition) is 9. The monoisotopic (exact) mass is 736 g/mol. The number of amides is 2. The smallest absolute Gasteiger partial charge is 0.416 e. The molecule has 2 amide bonds. The van der Waals surface area contributed by atoms with E-state index in [0.29, 0.717) is 62.5 Å². The zero-order valence-corrected chi connectivity index (χ0v) is 28.5. The lowest BCUT2D eigenvalue weighted by molar-refractivity contribution is -0.137. The number of fused-ring (bicyclic) bond motifs is 5. The molecule has 1 saturated heterocycles. The third kappa shape index (κ3) is 4.82. The van der Waals surface area contributed by atoms with Gasteiger partial charge in [-0.2, -0.15) is 22.7 Å². The molecule has 5 heterocycles. The number of alkyl halides is 3. The summed E-state index contributed by atoms with van der Waals surface area (Å²) in [5.41, 5.74) is 0.151. The molecule has 13 nitrogen and oxygen atoms in total. The summed E-state index contributed by atoms with van der Waals surface area (Å²) in [5, 5.41) is 17.8. The van der Waals surface area contributed by atoms with Gasteiger partial charge in [0, 0.05) is 35.2 Å². The number of nitrogens with zero attached hydrogens (tertiary/aromatic N) is 7. The molecule has 17 heteroatoms. The fraction of sp³-hybridized carbons (Fsp3) is 0.457. The summed E-state index contributed by atoms with van der Waals surface area (Å²) in [5.74, 6) is -0.516. The van der Waals surface area contributed by atoms with Crippen LogP contribution >= 0.6 is 11.6 Å². The Morgan fingerprint density at radius 2 is 2.04 bits per heavy atom. The first-order valence-corrected chi connectivity index (χ1v) is 17.6. The highest BCUT2D eigenvalue weighted by atomic mass is 35.5. The van der Waals surface area contributed by atoms with E-state index in [0.717, 1.165) is 30.2 Å². The Labute approximate surface area is 298 Å². The molecule has 270 valence electrons. The van der Waals surface area contributed by atoms with Crippen molar-refractivity contribution in [1.82, 2.24) is 34.0 Å². The van der Waals surface area contributed by atoms with Crippen LogP contribution in [0, 0.1) is 18.8 Å². The first-order valence-electron chi connectivity index (χ1n) is 17.2. The second-order valence-corrected chi connectivity index (χ2v) is 14.7. The Hall–Kier alpha value is -4.83. The van der Waals surface area contributed by atoms with Gasteiger partial charge < -0.3 is 24.6 Å². The number of benzene rings is 1. The van der Waals surface area contributed by atoms with Crippen molar-refractivity contribution in [2.24, 2.45) is 11.8 Å². The zero-order valence-electron chi connectivity index (χ0n) is 27.8. The van der Waals surface area contributed by atoms with Crippen LogP contribution in [0.25, 0.3) is 11.4 Å². The number of likely N-dealkylation sites (tertiary alicyclic amines) is 1. The highest BCUT2D eigenvalue weighted by molar-refractivity contribution is 6.33. The number of carbonyl (C=O) groups is 2. The SMILES string of the molecule is Cc1ncnc(C(=O)N2CC[C@H]3[C@H]4C[C@H]4c4c(c(=O)n5nc(C6=CCOCC6)nc5n4CC(=O)Nc4ccc(C(F)(F)F)cc4Cl)[C@@]34CC[C@@H]24)c1O. The van der Waals surface area contributed by atoms with Crippen LogP contribution in [-0.2, 0) is 27.7 Å². The minimum Gasteiger partial charge on any atom is -0.504 e. The molecule has 2 aliphatic heterocycles. The molecule has 2 saturated carbocycles. The Morgan fingerprint density at radius 1 is 1.21 bits per heavy atom. The molecule has 1 spiro atoms. The fourth-order valence-corrected chi connectivity index (χ4v) is 9.46. The van der Waals surface area contributed by atoms with Gasteiger partial charge in [0.15, 0.2) is 17.3 Å². The highest BCUT2D eigenvalue weighted by Gasteiger charge is 2.69. The van der Waals surface area contributed by atoms with E-state index in [2.05, 4.69) is 20.4 Å². The third-order valence-electron chi connectivity index (χ3n) is 11.7. The zero-order chi connectivity index (χ0) is 36.3. The lowest BCUT2D eigenvalue weighted by Crippen LogP contribution is -2.69. The van der Waals surface area contributed by atoms with E-state index in [1.165, 1.54) is 10.8 Å². The van der Waals surface area contributed by atoms with Crippen LogP contribution in [0.1, 0.15) is 76.8 Å². The summed E-state index contributed by atoms with van der Waals surface area (Å²) in [6.07, 6.45) is 1.72. The van der Waals surface area contributed by atoms with E-state index in [9.17, 15) is 32.7 Å². The number of piperidine rings is 1. The Balaban J connectivity index is 1.17. The molecule has 5 atom stereocenters. The summed E-state index contributed by atoms with van der Waals surface area (Å²) >= 11 is 6.19. The van der Waals surface area contributed by atoms with Gasteiger partial charge in [-0.15, -0.1) is 5.10 Å². The van der Waals surface area contributed by atoms with Crippen LogP contribution < -0.4 is 10.9 Å². The average Bonchev–Trinajstić information content (AvgIpc) is 3.77. The molecule has 3 fully saturated rings. The van der Waals surface area contributed by atoms with Gasteiger partial charge in [-0.05, 0) is 74.6 Å². The van der Waals surface area contributed by atoms with Gasteiger partial charge in [0.2, 0.25) is 11.7 Å². The summed E-state index contributed by atoms with van der Waals surface area (Å²) in [6.45, 7) is 2.53. The van der Waals surface area contributed by atoms with Gasteiger partial charge in [-0.3, -0.25) is 14.4 Å². The Bertz CT molecular complexity index is 2310. The molecule has 3 aliphatic carbocycles. The van der Waals surface area contributed by atoms with Crippen LogP contribution in [0.3, 0.4) is 0 Å². The normalized spacial score (nSPS) is 26.0. The summed E-state index contributed by atoms with van der Waals surface area (Å²) in [6, 6.07) is 2.34. The number of aromatic hydroxyl groups is 1. The van der Waals surface area contributed by atoms with E-state index in [4.69, 9.17) is 21.3 Å². The number of hydrogen-bond donors (Lipinski definition) is 2. The first kappa shape index (κ1) is 33.0. The van der Waals surface area contributed by atoms with Crippen LogP contribution in [0.15, 0.2) is 35.4 Å². The number of halogens is 4. The molecule has 2 N–H and O–H groups in total. The van der Waals surface area contributed by atoms with E-state index in [1.807, 2.05) is 6.08 Å². The van der Waals surface area contributed by atoms with Crippen molar-refractivity contribution >= 4 is 40.5 Å². The molecule has 0 unspecified atom stereocenters. The minimum absolute atomic E-state index is 0.00627. The maximum atomic E-state index is 14.8. The van der Waals surface area contributed by atoms with Crippen molar-refractivity contribution in [3.63, 3.8) is 0 Å². The van der Waals surface area contributed by atoms with Crippen molar-refractivity contribution < 1.29 is 32.6 Å². The maximum absolute atomic E-state index is 14.8. The van der Waals surface area contributed by atoms with Crippen molar-refractivity contribution in [2.75, 3.05) is 25.1 Å². The number of carbonyl (C=O) groups excluding carboxylic acids is 2. The van der Waals surface area contributed by atoms with E-state index >= 15 is 0 Å². The summed E-state index contributed by atoms with van der Waals surface area (Å²) in [4.78, 5) is 57.3. The van der Waals surface area contributed by atoms with Gasteiger partial charge >= 0.3 is 6.18 Å². The predicted molar refractivity (Wildman–Crippen MR) is 179 cm³/mol. The molecule has 9 rings (SSSR count). The Morgan fingerprint density at radius 3 is 2.75 bits per heavy atom. The number of anilines is 1. The molecular formula is C35H32ClF3N8O5. The molecule has 4 aromatic rings. The molecule has 52 heavy (non-hydrogen) atoms. The van der Waals surface area contributed by atoms with Crippen LogP contribution in [0.4, 0.5) is 18.9 Å². The van der Waals surface area contributed by atoms with Gasteiger partial charge in [-0.1, -0.05) is 17.7 Å². The quantitative estimate of drug-likeness (QED) is 0.302. The second kappa shape index (κ2) is 11.6. The topological polar surface area (TPSA) is 157 Å². The number of ether oxygens (including phenoxy) is 1. The largest absolute Gasteiger partial charge is 0.504 e. The first-order chi connectivity index (χ1) is 24.9. The molecule has 0 bridgehead atoms. The van der Waals surface area contributed by atoms with Crippen LogP contribution in [-0.4, -0.2) is 76.8 Å². The van der Waals surface area contributed by atoms with E-state index < -0.39 is 29.0 Å². The van der Waals surface area contributed by atoms with Crippen molar-refractivity contribution in [1.29, 1.82) is 0 Å². The van der Waals surface area contributed by atoms with Gasteiger partial charge in [0.25, 0.3) is 11.5 Å². The number of aromatic nitrogens is 6. The number of nitrogens with one attached hydrogen (secondary N) is 1. The molecular weight excluding hydrogens is 705 g/mol. The lowest BCUT2D eigenvalue weighted by atomic mass is 9.48. The van der Waals surface area contributed by atoms with Crippen molar-refractivity contribution in [3.8, 4) is 5.75 Å². The Kier molecular flexibility index (Phi) is 7.36. The van der Waals surface area contributed by atoms with E-state index in [-0.39, 0.29) is 69.5 Å². The van der Waals surface area contributed by atoms with Crippen molar-refractivity contribution in [3.05, 3.63) is 80.0 Å². The van der Waals surface area contributed by atoms with Crippen molar-refractivity contribution in [2.45, 2.75) is 69.1 Å². The van der Waals surface area contributed by atoms with E-state index in [1.54, 1.807) is 16.4 Å². The maximum Gasteiger partial charge on any atom is 0.416 e. The third-order valence-corrected chi connectivity index (χ3v) is 12.0. The second-order valence-electron chi connectivity index (χ2n) is 14.2. The number of rotatable bonds is 5. The highest BCUT2D eigenvalue weighted by Crippen LogP contribution is 2.70. The molecule has 5 aliphatic rings. The van der Waals surface area contributed by atoms with Gasteiger partial charge in [0.1, 0.15) is 12.9 Å². The van der Waals surface area contributed by atoms with Crippen LogP contribution in [0.5, 0.6) is 5.75 Å². The predicted octanol–water partition coefficient (Wildman–Crippen LogP) is 4.49. The number of aryl methyl sites for hydroxylation is 1. The summed E-state index contributed by atoms with van der Waals surface area (Å²) in [7, 11) is 0. The summed E-state index contributed by atoms with van der Waals surface area (Å²) < 4.78 is 48.3. The minimum atomic E-state index is -4.61. The lowest BCUT2D eigenvalue weighted by Gasteiger charge is -2.63. The molecule has 0 radical (unpaired) electrons. The van der Waals surface area contributed by atoms with Crippen LogP contribution in [0.2, 0.25) is 5.02 Å². The molecule has 1 aromatic carbocycles. The molecule has 3 aromatic heterocycles. The van der Waals surface area contributed by atoms with Gasteiger partial charge in [-0.25, -0.2) is 9.97 Å². The fourth-order valence-electron chi connectivity index (χ4n) is 9.24. The van der Waals surface area contributed by atoms with Gasteiger partial charge in [0.05, 0.1) is 35.2 Å². The standard InChI is InChI=1S/C35H32ClF3N8O5/c1-16-29(49)27(41-15-40-16)32(51)45-9-5-21-19-13-20(19)28-26(34(21)8-4-24(34)45)31(50)47-33(43-30(44-47)17-6-10-52-11-7-17)46(28)14-25(48)42-23-3-2-18(12-22(23)36)35(37,38)39/h2-3,6,12,15,19-21,24,49H,4-5,7-11,13-14H2,1H3,(H,42,48)/t19-,20+,21-,24+,34-/m0/s1. The average molecular weight is 737 g/mol.